The number of tetrazole rings is 1. The molecular weight excluding hydrogens is 380 g/mol. The van der Waals surface area contributed by atoms with Crippen molar-refractivity contribution >= 4 is 15.9 Å². The minimum absolute atomic E-state index is 0.0187. The van der Waals surface area contributed by atoms with Crippen LogP contribution in [0.5, 0.6) is 0 Å². The molecule has 10 heteroatoms. The number of nitrogens with zero attached hydrogens (tertiary/aromatic N) is 4. The van der Waals surface area contributed by atoms with Crippen LogP contribution in [0.1, 0.15) is 24.1 Å². The summed E-state index contributed by atoms with van der Waals surface area (Å²) in [5, 5.41) is 20.0. The van der Waals surface area contributed by atoms with Gasteiger partial charge in [-0.25, -0.2) is 13.6 Å². The molecule has 1 amide bonds. The molecule has 28 heavy (non-hydrogen) atoms. The van der Waals surface area contributed by atoms with E-state index in [9.17, 15) is 13.2 Å². The topological polar surface area (TPSA) is 133 Å². The summed E-state index contributed by atoms with van der Waals surface area (Å²) in [4.78, 5) is 13.5. The molecule has 0 aliphatic heterocycles. The molecule has 0 bridgehead atoms. The summed E-state index contributed by atoms with van der Waals surface area (Å²) in [6.07, 6.45) is 0. The van der Waals surface area contributed by atoms with E-state index in [1.54, 1.807) is 19.1 Å². The van der Waals surface area contributed by atoms with Gasteiger partial charge in [0.1, 0.15) is 6.54 Å². The van der Waals surface area contributed by atoms with Crippen LogP contribution in [-0.2, 0) is 21.4 Å². The molecule has 0 unspecified atom stereocenters. The van der Waals surface area contributed by atoms with E-state index in [0.717, 1.165) is 16.7 Å². The zero-order valence-corrected chi connectivity index (χ0v) is 16.2. The summed E-state index contributed by atoms with van der Waals surface area (Å²) in [7, 11) is -3.75. The van der Waals surface area contributed by atoms with Crippen LogP contribution in [0.25, 0.3) is 11.4 Å². The number of aromatic nitrogens is 4. The van der Waals surface area contributed by atoms with Crippen molar-refractivity contribution in [3.05, 3.63) is 59.7 Å². The fourth-order valence-electron chi connectivity index (χ4n) is 2.57. The molecule has 3 N–H and O–H groups in total. The van der Waals surface area contributed by atoms with Gasteiger partial charge < -0.3 is 5.32 Å². The molecule has 0 aliphatic rings. The third kappa shape index (κ3) is 4.78. The van der Waals surface area contributed by atoms with Crippen molar-refractivity contribution in [1.82, 2.24) is 25.5 Å². The summed E-state index contributed by atoms with van der Waals surface area (Å²) in [6, 6.07) is 13.4. The van der Waals surface area contributed by atoms with Gasteiger partial charge in [0.25, 0.3) is 0 Å². The second-order valence-corrected chi connectivity index (χ2v) is 7.97. The molecule has 0 spiro atoms. The van der Waals surface area contributed by atoms with E-state index < -0.39 is 10.0 Å². The summed E-state index contributed by atoms with van der Waals surface area (Å²) in [5.74, 6) is 0.148. The maximum Gasteiger partial charge on any atom is 0.244 e. The molecule has 2 aromatic carbocycles. The van der Waals surface area contributed by atoms with Gasteiger partial charge in [-0.3, -0.25) is 4.79 Å². The number of nitrogens with one attached hydrogen (secondary N) is 1. The van der Waals surface area contributed by atoms with Crippen molar-refractivity contribution in [2.75, 3.05) is 0 Å². The van der Waals surface area contributed by atoms with E-state index in [0.29, 0.717) is 5.82 Å². The first-order valence-corrected chi connectivity index (χ1v) is 10.0. The number of nitrogens with two attached hydrogens (primary N) is 1. The highest BCUT2D eigenvalue weighted by Gasteiger charge is 2.14. The lowest BCUT2D eigenvalue weighted by molar-refractivity contribution is -0.122. The number of carbonyl (C=O) groups excluding carboxylic acids is 1. The van der Waals surface area contributed by atoms with Crippen LogP contribution in [0.2, 0.25) is 0 Å². The van der Waals surface area contributed by atoms with Crippen molar-refractivity contribution in [2.45, 2.75) is 31.3 Å². The number of hydrogen-bond acceptors (Lipinski definition) is 6. The van der Waals surface area contributed by atoms with Gasteiger partial charge >= 0.3 is 0 Å². The van der Waals surface area contributed by atoms with Gasteiger partial charge in [-0.1, -0.05) is 42.0 Å². The Morgan fingerprint density at radius 2 is 1.79 bits per heavy atom. The standard InChI is InChI=1S/C18H20N6O3S/c1-12-3-5-15(6-4-12)18-21-23-24(22-18)11-17(25)20-13(2)14-7-9-16(10-8-14)28(19,26)27/h3-10,13H,11H2,1-2H3,(H,20,25)(H2,19,26,27)/t13-/m0/s1. The van der Waals surface area contributed by atoms with Crippen molar-refractivity contribution in [3.8, 4) is 11.4 Å². The van der Waals surface area contributed by atoms with Crippen LogP contribution in [-0.4, -0.2) is 34.5 Å². The van der Waals surface area contributed by atoms with Gasteiger partial charge in [-0.05, 0) is 36.8 Å². The third-order valence-corrected chi connectivity index (χ3v) is 5.06. The summed E-state index contributed by atoms with van der Waals surface area (Å²) in [6.45, 7) is 3.69. The molecule has 1 atom stereocenters. The van der Waals surface area contributed by atoms with Crippen LogP contribution in [0.3, 0.4) is 0 Å². The maximum atomic E-state index is 12.3. The Morgan fingerprint density at radius 3 is 2.39 bits per heavy atom. The van der Waals surface area contributed by atoms with E-state index in [-0.39, 0.29) is 23.4 Å². The van der Waals surface area contributed by atoms with Crippen LogP contribution in [0, 0.1) is 6.92 Å². The highest BCUT2D eigenvalue weighted by Crippen LogP contribution is 2.16. The second kappa shape index (κ2) is 7.87. The van der Waals surface area contributed by atoms with Crippen molar-refractivity contribution in [2.24, 2.45) is 5.14 Å². The Morgan fingerprint density at radius 1 is 1.14 bits per heavy atom. The Labute approximate surface area is 162 Å². The van der Waals surface area contributed by atoms with Crippen LogP contribution in [0.4, 0.5) is 0 Å². The lowest BCUT2D eigenvalue weighted by Crippen LogP contribution is -2.30. The molecule has 3 aromatic rings. The summed E-state index contributed by atoms with van der Waals surface area (Å²) < 4.78 is 22.6. The minimum Gasteiger partial charge on any atom is -0.348 e. The summed E-state index contributed by atoms with van der Waals surface area (Å²) >= 11 is 0. The highest BCUT2D eigenvalue weighted by atomic mass is 32.2. The molecule has 0 fully saturated rings. The summed E-state index contributed by atoms with van der Waals surface area (Å²) in [5.41, 5.74) is 2.69. The molecular formula is C18H20N6O3S. The largest absolute Gasteiger partial charge is 0.348 e. The van der Waals surface area contributed by atoms with Gasteiger partial charge in [-0.2, -0.15) is 4.80 Å². The second-order valence-electron chi connectivity index (χ2n) is 6.41. The van der Waals surface area contributed by atoms with Crippen LogP contribution in [0.15, 0.2) is 53.4 Å². The smallest absolute Gasteiger partial charge is 0.244 e. The predicted molar refractivity (Wildman–Crippen MR) is 102 cm³/mol. The van der Waals surface area contributed by atoms with E-state index in [1.165, 1.54) is 16.9 Å². The molecule has 3 rings (SSSR count). The maximum absolute atomic E-state index is 12.3. The van der Waals surface area contributed by atoms with Gasteiger partial charge in [0.2, 0.25) is 21.8 Å². The number of amides is 1. The first-order chi connectivity index (χ1) is 13.2. The van der Waals surface area contributed by atoms with Crippen molar-refractivity contribution in [3.63, 3.8) is 0 Å². The Bertz CT molecular complexity index is 1080. The third-order valence-electron chi connectivity index (χ3n) is 4.13. The predicted octanol–water partition coefficient (Wildman–Crippen LogP) is 1.17. The molecule has 146 valence electrons. The average molecular weight is 400 g/mol. The number of hydrogen-bond donors (Lipinski definition) is 2. The fraction of sp³-hybridized carbons (Fsp3) is 0.222. The SMILES string of the molecule is Cc1ccc(-c2nnn(CC(=O)N[C@@H](C)c3ccc(S(N)(=O)=O)cc3)n2)cc1. The normalized spacial score (nSPS) is 12.5. The average Bonchev–Trinajstić information content (AvgIpc) is 3.10. The first-order valence-electron chi connectivity index (χ1n) is 8.49. The molecule has 0 aliphatic carbocycles. The van der Waals surface area contributed by atoms with Crippen LogP contribution < -0.4 is 10.5 Å². The number of sulfonamides is 1. The zero-order valence-electron chi connectivity index (χ0n) is 15.4. The molecule has 1 aromatic heterocycles. The quantitative estimate of drug-likeness (QED) is 0.638. The number of benzene rings is 2. The van der Waals surface area contributed by atoms with E-state index >= 15 is 0 Å². The monoisotopic (exact) mass is 400 g/mol. The number of rotatable bonds is 6. The van der Waals surface area contributed by atoms with Gasteiger partial charge in [-0.15, -0.1) is 10.2 Å². The first kappa shape index (κ1) is 19.6. The van der Waals surface area contributed by atoms with Gasteiger partial charge in [0.15, 0.2) is 0 Å². The molecule has 0 saturated heterocycles. The number of aryl methyl sites for hydroxylation is 1. The van der Waals surface area contributed by atoms with E-state index in [2.05, 4.69) is 20.7 Å². The fourth-order valence-corrected chi connectivity index (χ4v) is 3.09. The Hall–Kier alpha value is -3.11. The van der Waals surface area contributed by atoms with Gasteiger partial charge in [0, 0.05) is 5.56 Å². The molecule has 0 saturated carbocycles. The zero-order chi connectivity index (χ0) is 20.3. The van der Waals surface area contributed by atoms with E-state index in [4.69, 9.17) is 5.14 Å². The highest BCUT2D eigenvalue weighted by molar-refractivity contribution is 7.89. The van der Waals surface area contributed by atoms with Gasteiger partial charge in [0.05, 0.1) is 10.9 Å². The molecule has 1 heterocycles. The van der Waals surface area contributed by atoms with Crippen LogP contribution >= 0.6 is 0 Å². The number of carbonyl (C=O) groups is 1. The minimum atomic E-state index is -3.75. The Kier molecular flexibility index (Phi) is 5.52. The van der Waals surface area contributed by atoms with Crippen molar-refractivity contribution in [1.29, 1.82) is 0 Å². The lowest BCUT2D eigenvalue weighted by Gasteiger charge is -2.14. The Balaban J connectivity index is 1.61. The molecule has 0 radical (unpaired) electrons. The lowest BCUT2D eigenvalue weighted by atomic mass is 10.1. The number of primary sulfonamides is 1. The van der Waals surface area contributed by atoms with Crippen molar-refractivity contribution < 1.29 is 13.2 Å². The van der Waals surface area contributed by atoms with E-state index in [1.807, 2.05) is 31.2 Å². The molecule has 9 nitrogen and oxygen atoms in total.